The van der Waals surface area contributed by atoms with Gasteiger partial charge in [-0.05, 0) is 136 Å². The molecule has 4 saturated heterocycles. The number of nitrogens with zero attached hydrogens (tertiary/aromatic N) is 11. The molecule has 12 amide bonds. The van der Waals surface area contributed by atoms with Gasteiger partial charge in [-0.15, -0.1) is 34.0 Å². The van der Waals surface area contributed by atoms with Crippen LogP contribution in [-0.4, -0.2) is 288 Å². The number of amides is 12. The molecule has 18 rings (SSSR count). The number of nitrogens with one attached hydrogen (secondary N) is 6. The Bertz CT molecular complexity index is 6670. The van der Waals surface area contributed by atoms with Crippen LogP contribution in [0.25, 0.3) is 32.7 Å². The summed E-state index contributed by atoms with van der Waals surface area (Å²) < 4.78 is 43.0. The maximum Gasteiger partial charge on any atom is 0.264 e. The second-order valence-electron chi connectivity index (χ2n) is 38.1. The number of phenols is 1. The van der Waals surface area contributed by atoms with Crippen LogP contribution in [0, 0.1) is 18.2 Å². The van der Waals surface area contributed by atoms with E-state index in [1.807, 2.05) is 153 Å². The highest BCUT2D eigenvalue weighted by atomic mass is 32.1. The molecule has 786 valence electrons. The van der Waals surface area contributed by atoms with Crippen LogP contribution in [0.15, 0.2) is 205 Å². The van der Waals surface area contributed by atoms with Crippen molar-refractivity contribution in [2.24, 2.45) is 5.41 Å². The van der Waals surface area contributed by atoms with Crippen molar-refractivity contribution in [1.29, 1.82) is 0 Å². The number of aryl methyl sites for hydroxylation is 1. The lowest BCUT2D eigenvalue weighted by molar-refractivity contribution is -0.144. The number of fused-ring (bicyclic) bond motifs is 3. The van der Waals surface area contributed by atoms with Gasteiger partial charge in [0, 0.05) is 174 Å². The average Bonchev–Trinajstić information content (AvgIpc) is 1.25. The maximum atomic E-state index is 14.4. The molecule has 36 nitrogen and oxygen atoms in total. The number of aliphatic hydroxyl groups is 1. The van der Waals surface area contributed by atoms with Crippen LogP contribution in [0.1, 0.15) is 146 Å². The first-order chi connectivity index (χ1) is 72.1. The van der Waals surface area contributed by atoms with Gasteiger partial charge >= 0.3 is 0 Å². The molecule has 0 radical (unpaired) electrons. The van der Waals surface area contributed by atoms with Crippen LogP contribution in [0.2, 0.25) is 0 Å². The molecule has 0 aliphatic carbocycles. The molecule has 40 heteroatoms. The van der Waals surface area contributed by atoms with Gasteiger partial charge in [-0.25, -0.2) is 19.3 Å². The highest BCUT2D eigenvalue weighted by molar-refractivity contribution is 7.14. The highest BCUT2D eigenvalue weighted by Crippen LogP contribution is 2.42. The van der Waals surface area contributed by atoms with Crippen molar-refractivity contribution >= 4 is 132 Å². The topological polar surface area (TPSA) is 428 Å². The lowest BCUT2D eigenvalue weighted by atomic mass is 9.85. The first-order valence-corrected chi connectivity index (χ1v) is 52.3. The molecular formula is C109H126FN17O19S3. The zero-order valence-corrected chi connectivity index (χ0v) is 85.4. The summed E-state index contributed by atoms with van der Waals surface area (Å²) >= 11 is 4.09. The second-order valence-corrected chi connectivity index (χ2v) is 40.7. The van der Waals surface area contributed by atoms with E-state index < -0.39 is 88.9 Å². The van der Waals surface area contributed by atoms with Crippen molar-refractivity contribution in [1.82, 2.24) is 60.3 Å². The molecule has 7 aliphatic heterocycles. The fourth-order valence-electron chi connectivity index (χ4n) is 19.3. The number of benzene rings is 8. The number of rotatable bonds is 41. The van der Waals surface area contributed by atoms with Crippen molar-refractivity contribution in [2.45, 2.75) is 116 Å². The van der Waals surface area contributed by atoms with Crippen molar-refractivity contribution in [3.05, 3.63) is 266 Å². The number of likely N-dealkylation sites (tertiary alicyclic amines) is 1. The van der Waals surface area contributed by atoms with E-state index in [4.69, 9.17) is 23.7 Å². The number of imide groups is 2. The quantitative estimate of drug-likeness (QED) is 0.0130. The first-order valence-electron chi connectivity index (χ1n) is 49.7. The molecule has 6 atom stereocenters. The summed E-state index contributed by atoms with van der Waals surface area (Å²) in [7, 11) is 0. The number of hydrogen-bond acceptors (Lipinski definition) is 29. The number of thiazole rings is 3. The fraction of sp³-hybridized carbons (Fsp3) is 0.367. The van der Waals surface area contributed by atoms with Gasteiger partial charge in [-0.1, -0.05) is 130 Å². The van der Waals surface area contributed by atoms with Crippen LogP contribution in [-0.2, 0) is 81.7 Å². The minimum Gasteiger partial charge on any atom is -0.508 e. The Kier molecular flexibility index (Phi) is 34.9. The molecule has 0 spiro atoms. The van der Waals surface area contributed by atoms with E-state index >= 15 is 0 Å². The largest absolute Gasteiger partial charge is 0.508 e. The fourth-order valence-corrected chi connectivity index (χ4v) is 21.2. The second kappa shape index (κ2) is 49.1. The van der Waals surface area contributed by atoms with Gasteiger partial charge in [0.05, 0.1) is 106 Å². The summed E-state index contributed by atoms with van der Waals surface area (Å²) in [5.41, 5.74) is 13.9. The molecule has 8 aromatic carbocycles. The molecule has 7 aliphatic rings. The van der Waals surface area contributed by atoms with Gasteiger partial charge in [0.2, 0.25) is 35.4 Å². The molecule has 3 unspecified atom stereocenters. The number of ether oxygens (including phenoxy) is 5. The number of carbonyl (C=O) groups excluding carboxylic acids is 12. The van der Waals surface area contributed by atoms with Gasteiger partial charge < -0.3 is 79.2 Å². The Balaban J connectivity index is 0.000000252. The maximum absolute atomic E-state index is 14.4. The predicted octanol–water partition coefficient (Wildman–Crippen LogP) is 12.5. The van der Waals surface area contributed by atoms with Gasteiger partial charge in [-0.3, -0.25) is 83.3 Å². The van der Waals surface area contributed by atoms with E-state index in [2.05, 4.69) is 85.8 Å². The SMILES string of the molecule is Cc1ncsc1-c1ccc(CNC(=O)[C@@H]2C[C@@H](O)CN2C(=O)[C@@H](NC(=O)CCOCCOCCOCCC(=O)N2CCN(c3ccc(-c4ccc5c(c4)C(=O)N(C(C(=O)Nc4nccs4)c4ccccc4)C5)cc3)CC2)C(C)(C)C)cc1.O=C1CCC(N2C(=O)c3cccc(NCCOCCOCCN4CCN(c5ccc(-c6ccc7c(c6)C(=O)N(C(C(=O)Nc6nccs6)c6cc(F)ccc6O)C7)cc5)CC4)c3C2=O)C(=O)N1.[HH].[HH].[HH].[HH]. The Morgan fingerprint density at radius 1 is 0.570 bits per heavy atom. The van der Waals surface area contributed by atoms with E-state index in [9.17, 15) is 72.1 Å². The highest BCUT2D eigenvalue weighted by Gasteiger charge is 2.49. The van der Waals surface area contributed by atoms with Crippen LogP contribution in [0.5, 0.6) is 5.75 Å². The number of carbonyl (C=O) groups is 12. The van der Waals surface area contributed by atoms with Crippen molar-refractivity contribution in [2.75, 3.05) is 164 Å². The summed E-state index contributed by atoms with van der Waals surface area (Å²) in [4.78, 5) is 187. The number of halogens is 1. The number of aromatic nitrogens is 3. The van der Waals surface area contributed by atoms with Crippen LogP contribution < -0.4 is 41.7 Å². The molecule has 11 aromatic rings. The third-order valence-corrected chi connectivity index (χ3v) is 29.6. The summed E-state index contributed by atoms with van der Waals surface area (Å²) in [5, 5.41) is 42.3. The van der Waals surface area contributed by atoms with Gasteiger partial charge in [0.15, 0.2) is 10.3 Å². The van der Waals surface area contributed by atoms with Crippen LogP contribution in [0.4, 0.5) is 31.7 Å². The van der Waals surface area contributed by atoms with Crippen LogP contribution in [0.3, 0.4) is 0 Å². The minimum atomic E-state index is -1.31. The van der Waals surface area contributed by atoms with Crippen molar-refractivity contribution in [3.8, 4) is 38.4 Å². The summed E-state index contributed by atoms with van der Waals surface area (Å²) in [5.74, 6) is -5.85. The number of β-amino-alcohol motifs (C(OH)–C–C–N with tert-alkyl or cyclic N) is 1. The average molecular weight is 2090 g/mol. The molecule has 149 heavy (non-hydrogen) atoms. The van der Waals surface area contributed by atoms with Gasteiger partial charge in [-0.2, -0.15) is 0 Å². The summed E-state index contributed by atoms with van der Waals surface area (Å²) in [6.07, 6.45) is 2.79. The molecule has 4 fully saturated rings. The molecule has 0 saturated carbocycles. The standard InChI is InChI=1S/C61H71N9O10S2.C48H47FN8O9S.4H2/c1-40-54(82-39-64-40)44-12-10-41(11-13-44)36-63-56(74)50-35-48(71)38-69(50)59(77)55(61(2,3)4)65-51(72)20-27-78-29-31-80-32-30-79-28-21-52(73)68-25-23-67(24-26-68)47-18-16-42(17-19-47)45-14-15-46-37-70(58(76)49(46)34-45)53(43-8-6-5-7-9-43)57(75)66-60-62-22-33-81-60;49-32-8-12-39(58)36(27-32)42(44(61)53-48-51-15-25-67-48)56-28-31-5-4-30(26-35(31)45(56)62)29-6-9-33(10-7-29)55-18-16-54(17-19-55)20-22-66-24-23-65-21-14-50-37-3-1-2-34-41(37)47(64)57(46(34)63)38-11-13-40(59)52-43(38)60;;;;/h5-19,22,33-34,39,48,50,53,55,71H,20-21,23-32,35-38H2,1-4H3,(H,63,74)(H,65,72)(H,62,66,75);1-10,12,15,25-27,38,42,50,58H,11,13-14,16-24,28H2,(H,51,53,61)(H,52,59,60);4*1H/t48-,50+,53?,55-;;;;;/m1...../s1. The predicted molar refractivity (Wildman–Crippen MR) is 567 cm³/mol. The number of hydrogen-bond donors (Lipinski definition) is 8. The lowest BCUT2D eigenvalue weighted by Crippen LogP contribution is -2.57. The monoisotopic (exact) mass is 2090 g/mol. The van der Waals surface area contributed by atoms with Gasteiger partial charge in [0.1, 0.15) is 41.8 Å². The zero-order chi connectivity index (χ0) is 104. The lowest BCUT2D eigenvalue weighted by Gasteiger charge is -2.36. The number of piperazine rings is 2. The van der Waals surface area contributed by atoms with E-state index in [1.54, 1.807) is 51.4 Å². The van der Waals surface area contributed by atoms with Gasteiger partial charge in [0.25, 0.3) is 35.4 Å². The third-order valence-electron chi connectivity index (χ3n) is 27.2. The van der Waals surface area contributed by atoms with E-state index in [1.165, 1.54) is 44.7 Å². The molecule has 8 N–H and O–H groups in total. The first kappa shape index (κ1) is 106. The molecule has 10 heterocycles. The number of phenolic OH excluding ortho intramolecular Hbond substituents is 1. The number of piperidine rings is 1. The number of aliphatic hydroxyl groups excluding tert-OH is 1. The third kappa shape index (κ3) is 25.9. The van der Waals surface area contributed by atoms with Crippen molar-refractivity contribution in [3.63, 3.8) is 0 Å². The van der Waals surface area contributed by atoms with E-state index in [-0.39, 0.29) is 136 Å². The van der Waals surface area contributed by atoms with E-state index in [0.29, 0.717) is 112 Å². The Morgan fingerprint density at radius 2 is 1.13 bits per heavy atom. The Labute approximate surface area is 878 Å². The molecule has 0 bridgehead atoms. The number of anilines is 5. The Morgan fingerprint density at radius 3 is 1.72 bits per heavy atom. The zero-order valence-electron chi connectivity index (χ0n) is 83.0. The number of aromatic hydroxyl groups is 1. The van der Waals surface area contributed by atoms with E-state index in [0.717, 1.165) is 116 Å². The summed E-state index contributed by atoms with van der Waals surface area (Å²) in [6, 6.07) is 48.3. The Hall–Kier alpha value is -14.5. The van der Waals surface area contributed by atoms with Crippen molar-refractivity contribution < 1.29 is 102 Å². The summed E-state index contributed by atoms with van der Waals surface area (Å²) in [6.45, 7) is 18.5. The smallest absolute Gasteiger partial charge is 0.264 e. The normalized spacial score (nSPS) is 17.3. The van der Waals surface area contributed by atoms with Crippen LogP contribution >= 0.6 is 34.0 Å². The minimum absolute atomic E-state index is 0. The molecule has 3 aromatic heterocycles. The molecular weight excluding hydrogens is 1970 g/mol.